The van der Waals surface area contributed by atoms with E-state index >= 15 is 0 Å². The van der Waals surface area contributed by atoms with Gasteiger partial charge in [0.2, 0.25) is 0 Å². The van der Waals surface area contributed by atoms with Gasteiger partial charge in [0.1, 0.15) is 6.29 Å². The Balaban J connectivity index is 2.06. The second kappa shape index (κ2) is 4.30. The molecule has 0 radical (unpaired) electrons. The van der Waals surface area contributed by atoms with Gasteiger partial charge in [-0.05, 0) is 47.7 Å². The van der Waals surface area contributed by atoms with Crippen LogP contribution in [0.3, 0.4) is 0 Å². The molecule has 0 spiro atoms. The van der Waals surface area contributed by atoms with E-state index in [-0.39, 0.29) is 0 Å². The lowest BCUT2D eigenvalue weighted by atomic mass is 9.98. The molecule has 0 amide bonds. The highest BCUT2D eigenvalue weighted by atomic mass is 16.1. The Labute approximate surface area is 107 Å². The van der Waals surface area contributed by atoms with Gasteiger partial charge in [-0.3, -0.25) is 4.79 Å². The normalized spacial score (nSPS) is 12.9. The van der Waals surface area contributed by atoms with E-state index in [9.17, 15) is 4.79 Å². The Bertz CT molecular complexity index is 599. The third-order valence-electron chi connectivity index (χ3n) is 3.49. The molecule has 90 valence electrons. The quantitative estimate of drug-likeness (QED) is 0.811. The third kappa shape index (κ3) is 1.80. The van der Waals surface area contributed by atoms with Crippen molar-refractivity contribution in [2.45, 2.75) is 13.3 Å². The van der Waals surface area contributed by atoms with E-state index in [0.29, 0.717) is 0 Å². The van der Waals surface area contributed by atoms with E-state index in [0.717, 1.165) is 24.8 Å². The molecule has 2 aromatic carbocycles. The molecule has 1 N–H and O–H groups in total. The Kier molecular flexibility index (Phi) is 2.63. The van der Waals surface area contributed by atoms with Gasteiger partial charge < -0.3 is 5.32 Å². The SMILES string of the molecule is Cc1cc(-c2ccc(C=O)cc2)cc2c1NCC2. The van der Waals surface area contributed by atoms with E-state index in [4.69, 9.17) is 0 Å². The molecule has 3 rings (SSSR count). The van der Waals surface area contributed by atoms with Crippen LogP contribution >= 0.6 is 0 Å². The number of anilines is 1. The average molecular weight is 237 g/mol. The van der Waals surface area contributed by atoms with Crippen molar-refractivity contribution in [3.8, 4) is 11.1 Å². The Hall–Kier alpha value is -2.09. The zero-order valence-electron chi connectivity index (χ0n) is 10.4. The van der Waals surface area contributed by atoms with Crippen LogP contribution in [0.25, 0.3) is 11.1 Å². The standard InChI is InChI=1S/C16H15NO/c1-11-8-15(9-14-6-7-17-16(11)14)13-4-2-12(10-18)3-5-13/h2-5,8-10,17H,6-7H2,1H3. The van der Waals surface area contributed by atoms with Crippen LogP contribution in [0.1, 0.15) is 21.5 Å². The molecule has 1 aliphatic rings. The van der Waals surface area contributed by atoms with Crippen LogP contribution in [0.5, 0.6) is 0 Å². The van der Waals surface area contributed by atoms with Crippen LogP contribution < -0.4 is 5.32 Å². The average Bonchev–Trinajstić information content (AvgIpc) is 2.88. The number of fused-ring (bicyclic) bond motifs is 1. The first-order chi connectivity index (χ1) is 8.78. The van der Waals surface area contributed by atoms with Gasteiger partial charge in [-0.1, -0.05) is 24.3 Å². The summed E-state index contributed by atoms with van der Waals surface area (Å²) in [5.74, 6) is 0. The van der Waals surface area contributed by atoms with Gasteiger partial charge in [0.15, 0.2) is 0 Å². The molecular weight excluding hydrogens is 222 g/mol. The number of rotatable bonds is 2. The maximum atomic E-state index is 10.7. The molecule has 0 saturated heterocycles. The van der Waals surface area contributed by atoms with Crippen LogP contribution in [0.15, 0.2) is 36.4 Å². The lowest BCUT2D eigenvalue weighted by Crippen LogP contribution is -1.93. The molecule has 0 saturated carbocycles. The minimum absolute atomic E-state index is 0.721. The van der Waals surface area contributed by atoms with Crippen LogP contribution in [0.2, 0.25) is 0 Å². The smallest absolute Gasteiger partial charge is 0.150 e. The molecule has 0 fully saturated rings. The van der Waals surface area contributed by atoms with Crippen molar-refractivity contribution in [3.63, 3.8) is 0 Å². The van der Waals surface area contributed by atoms with Crippen molar-refractivity contribution in [3.05, 3.63) is 53.1 Å². The highest BCUT2D eigenvalue weighted by Gasteiger charge is 2.13. The number of carbonyl (C=O) groups is 1. The van der Waals surface area contributed by atoms with Crippen LogP contribution in [0, 0.1) is 6.92 Å². The minimum atomic E-state index is 0.721. The molecule has 18 heavy (non-hydrogen) atoms. The third-order valence-corrected chi connectivity index (χ3v) is 3.49. The Morgan fingerprint density at radius 3 is 2.61 bits per heavy atom. The van der Waals surface area contributed by atoms with Gasteiger partial charge in [-0.15, -0.1) is 0 Å². The molecule has 0 aromatic heterocycles. The molecule has 0 aliphatic carbocycles. The fourth-order valence-electron chi connectivity index (χ4n) is 2.55. The molecule has 1 heterocycles. The van der Waals surface area contributed by atoms with E-state index < -0.39 is 0 Å². The monoisotopic (exact) mass is 237 g/mol. The van der Waals surface area contributed by atoms with E-state index in [2.05, 4.69) is 24.4 Å². The van der Waals surface area contributed by atoms with E-state index in [1.54, 1.807) is 0 Å². The summed E-state index contributed by atoms with van der Waals surface area (Å²) in [6, 6.07) is 12.2. The van der Waals surface area contributed by atoms with Crippen molar-refractivity contribution in [1.29, 1.82) is 0 Å². The highest BCUT2D eigenvalue weighted by molar-refractivity contribution is 5.78. The van der Waals surface area contributed by atoms with Crippen LogP contribution in [-0.4, -0.2) is 12.8 Å². The predicted molar refractivity (Wildman–Crippen MR) is 74.2 cm³/mol. The summed E-state index contributed by atoms with van der Waals surface area (Å²) in [5, 5.41) is 3.42. The summed E-state index contributed by atoms with van der Waals surface area (Å²) in [7, 11) is 0. The first kappa shape index (κ1) is 11.0. The van der Waals surface area contributed by atoms with Gasteiger partial charge in [0.05, 0.1) is 0 Å². The summed E-state index contributed by atoms with van der Waals surface area (Å²) >= 11 is 0. The molecule has 2 aromatic rings. The molecule has 0 unspecified atom stereocenters. The zero-order chi connectivity index (χ0) is 12.5. The summed E-state index contributed by atoms with van der Waals surface area (Å²) in [6.45, 7) is 3.17. The van der Waals surface area contributed by atoms with Crippen molar-refractivity contribution < 1.29 is 4.79 Å². The second-order valence-electron chi connectivity index (χ2n) is 4.74. The topological polar surface area (TPSA) is 29.1 Å². The van der Waals surface area contributed by atoms with E-state index in [1.165, 1.54) is 27.9 Å². The molecule has 1 aliphatic heterocycles. The first-order valence-corrected chi connectivity index (χ1v) is 6.21. The number of aryl methyl sites for hydroxylation is 1. The maximum absolute atomic E-state index is 10.7. The number of hydrogen-bond acceptors (Lipinski definition) is 2. The summed E-state index contributed by atoms with van der Waals surface area (Å²) in [4.78, 5) is 10.7. The first-order valence-electron chi connectivity index (χ1n) is 6.21. The largest absolute Gasteiger partial charge is 0.384 e. The molecular formula is C16H15NO. The zero-order valence-corrected chi connectivity index (χ0v) is 10.4. The molecule has 2 heteroatoms. The van der Waals surface area contributed by atoms with Crippen molar-refractivity contribution in [2.24, 2.45) is 0 Å². The lowest BCUT2D eigenvalue weighted by Gasteiger charge is -2.09. The summed E-state index contributed by atoms with van der Waals surface area (Å²) in [5.41, 5.74) is 7.09. The molecule has 2 nitrogen and oxygen atoms in total. The number of aldehydes is 1. The summed E-state index contributed by atoms with van der Waals surface area (Å²) < 4.78 is 0. The number of hydrogen-bond donors (Lipinski definition) is 1. The van der Waals surface area contributed by atoms with Crippen molar-refractivity contribution in [2.75, 3.05) is 11.9 Å². The summed E-state index contributed by atoms with van der Waals surface area (Å²) in [6.07, 6.45) is 1.97. The Morgan fingerprint density at radius 1 is 1.11 bits per heavy atom. The fraction of sp³-hybridized carbons (Fsp3) is 0.188. The predicted octanol–water partition coefficient (Wildman–Crippen LogP) is 3.44. The number of nitrogens with one attached hydrogen (secondary N) is 1. The highest BCUT2D eigenvalue weighted by Crippen LogP contribution is 2.32. The second-order valence-corrected chi connectivity index (χ2v) is 4.74. The Morgan fingerprint density at radius 2 is 1.89 bits per heavy atom. The van der Waals surface area contributed by atoms with Crippen LogP contribution in [-0.2, 0) is 6.42 Å². The minimum Gasteiger partial charge on any atom is -0.384 e. The number of carbonyl (C=O) groups excluding carboxylic acids is 1. The van der Waals surface area contributed by atoms with Gasteiger partial charge in [0, 0.05) is 17.8 Å². The molecule has 0 bridgehead atoms. The van der Waals surface area contributed by atoms with Crippen LogP contribution in [0.4, 0.5) is 5.69 Å². The van der Waals surface area contributed by atoms with E-state index in [1.807, 2.05) is 24.3 Å². The van der Waals surface area contributed by atoms with Gasteiger partial charge in [-0.25, -0.2) is 0 Å². The number of benzene rings is 2. The van der Waals surface area contributed by atoms with Gasteiger partial charge in [0.25, 0.3) is 0 Å². The van der Waals surface area contributed by atoms with Crippen molar-refractivity contribution in [1.82, 2.24) is 0 Å². The molecule has 0 atom stereocenters. The maximum Gasteiger partial charge on any atom is 0.150 e. The lowest BCUT2D eigenvalue weighted by molar-refractivity contribution is 0.112. The fourth-order valence-corrected chi connectivity index (χ4v) is 2.55. The van der Waals surface area contributed by atoms with Gasteiger partial charge in [-0.2, -0.15) is 0 Å². The van der Waals surface area contributed by atoms with Crippen molar-refractivity contribution >= 4 is 12.0 Å². The van der Waals surface area contributed by atoms with Gasteiger partial charge >= 0.3 is 0 Å².